The van der Waals surface area contributed by atoms with E-state index < -0.39 is 35.5 Å². The third-order valence-electron chi connectivity index (χ3n) is 3.64. The first-order valence-corrected chi connectivity index (χ1v) is 9.38. The van der Waals surface area contributed by atoms with E-state index in [9.17, 15) is 31.9 Å². The van der Waals surface area contributed by atoms with Crippen LogP contribution < -0.4 is 9.64 Å². The molecule has 0 unspecified atom stereocenters. The summed E-state index contributed by atoms with van der Waals surface area (Å²) in [6, 6.07) is 3.20. The Balaban J connectivity index is 2.66. The standard InChI is InChI=1S/C18H17F4N3O4S/c1-9-5-13(19)14(6-15(9)30-8-18(20,21)22)25-17(24(10(2)26)11(3)27)7-16(23-25)29-12(4)28/h5-7H,8H2,1-4H3. The molecule has 162 valence electrons. The topological polar surface area (TPSA) is 81.5 Å². The number of hydrogen-bond donors (Lipinski definition) is 0. The van der Waals surface area contributed by atoms with E-state index in [0.717, 1.165) is 43.7 Å². The highest BCUT2D eigenvalue weighted by Gasteiger charge is 2.29. The Bertz CT molecular complexity index is 990. The zero-order valence-corrected chi connectivity index (χ0v) is 17.2. The minimum Gasteiger partial charge on any atom is -0.406 e. The van der Waals surface area contributed by atoms with Gasteiger partial charge in [-0.05, 0) is 24.6 Å². The van der Waals surface area contributed by atoms with Crippen molar-refractivity contribution < 1.29 is 36.7 Å². The van der Waals surface area contributed by atoms with Crippen LogP contribution in [0.4, 0.5) is 23.4 Å². The number of thioether (sulfide) groups is 1. The van der Waals surface area contributed by atoms with Gasteiger partial charge in [-0.15, -0.1) is 16.9 Å². The molecule has 1 aromatic carbocycles. The zero-order chi connectivity index (χ0) is 22.8. The summed E-state index contributed by atoms with van der Waals surface area (Å²) in [6.45, 7) is 4.70. The fourth-order valence-electron chi connectivity index (χ4n) is 2.55. The van der Waals surface area contributed by atoms with Gasteiger partial charge in [-0.3, -0.25) is 14.4 Å². The molecule has 0 radical (unpaired) electrons. The highest BCUT2D eigenvalue weighted by atomic mass is 32.2. The summed E-state index contributed by atoms with van der Waals surface area (Å²) in [4.78, 5) is 35.9. The summed E-state index contributed by atoms with van der Waals surface area (Å²) >= 11 is 0.450. The Labute approximate surface area is 173 Å². The van der Waals surface area contributed by atoms with Crippen molar-refractivity contribution in [2.45, 2.75) is 38.8 Å². The second-order valence-electron chi connectivity index (χ2n) is 6.19. The van der Waals surface area contributed by atoms with Gasteiger partial charge in [0.2, 0.25) is 17.7 Å². The van der Waals surface area contributed by atoms with Crippen LogP contribution in [0.2, 0.25) is 0 Å². The zero-order valence-electron chi connectivity index (χ0n) is 16.3. The molecule has 2 rings (SSSR count). The van der Waals surface area contributed by atoms with Gasteiger partial charge in [0.25, 0.3) is 0 Å². The van der Waals surface area contributed by atoms with Crippen LogP contribution in [-0.4, -0.2) is 39.5 Å². The largest absolute Gasteiger partial charge is 0.406 e. The van der Waals surface area contributed by atoms with Crippen LogP contribution in [-0.2, 0) is 14.4 Å². The summed E-state index contributed by atoms with van der Waals surface area (Å²) in [5.74, 6) is -4.83. The van der Waals surface area contributed by atoms with Gasteiger partial charge in [0.15, 0.2) is 0 Å². The number of carbonyl (C=O) groups excluding carboxylic acids is 3. The smallest absolute Gasteiger partial charge is 0.398 e. The Morgan fingerprint density at radius 1 is 1.13 bits per heavy atom. The van der Waals surface area contributed by atoms with E-state index >= 15 is 0 Å². The minimum absolute atomic E-state index is 0.122. The summed E-state index contributed by atoms with van der Waals surface area (Å²) in [5.41, 5.74) is -0.0689. The highest BCUT2D eigenvalue weighted by molar-refractivity contribution is 7.99. The number of hydrogen-bond acceptors (Lipinski definition) is 6. The van der Waals surface area contributed by atoms with Gasteiger partial charge >= 0.3 is 12.1 Å². The van der Waals surface area contributed by atoms with Gasteiger partial charge in [0.05, 0.1) is 5.75 Å². The van der Waals surface area contributed by atoms with Crippen LogP contribution in [0.5, 0.6) is 5.88 Å². The van der Waals surface area contributed by atoms with Gasteiger partial charge < -0.3 is 4.74 Å². The van der Waals surface area contributed by atoms with Crippen LogP contribution >= 0.6 is 11.8 Å². The molecule has 0 spiro atoms. The third kappa shape index (κ3) is 5.59. The first kappa shape index (κ1) is 23.4. The molecule has 0 aliphatic rings. The molecule has 0 saturated heterocycles. The number of amides is 2. The van der Waals surface area contributed by atoms with E-state index in [2.05, 4.69) is 5.10 Å². The van der Waals surface area contributed by atoms with E-state index in [1.54, 1.807) is 0 Å². The lowest BCUT2D eigenvalue weighted by Crippen LogP contribution is -2.34. The molecule has 1 heterocycles. The number of halogens is 4. The van der Waals surface area contributed by atoms with Gasteiger partial charge in [0, 0.05) is 31.7 Å². The molecule has 0 atom stereocenters. The second-order valence-corrected chi connectivity index (χ2v) is 7.21. The average molecular weight is 447 g/mol. The van der Waals surface area contributed by atoms with Crippen molar-refractivity contribution in [3.05, 3.63) is 29.6 Å². The van der Waals surface area contributed by atoms with Crippen LogP contribution in [0.15, 0.2) is 23.1 Å². The molecule has 12 heteroatoms. The molecule has 0 fully saturated rings. The summed E-state index contributed by atoms with van der Waals surface area (Å²) in [6.07, 6.45) is -4.44. The van der Waals surface area contributed by atoms with Crippen molar-refractivity contribution in [2.24, 2.45) is 0 Å². The lowest BCUT2D eigenvalue weighted by atomic mass is 10.2. The molecule has 30 heavy (non-hydrogen) atoms. The van der Waals surface area contributed by atoms with Crippen molar-refractivity contribution in [1.82, 2.24) is 9.78 Å². The van der Waals surface area contributed by atoms with E-state index in [0.29, 0.717) is 16.7 Å². The SMILES string of the molecule is CC(=O)Oc1cc(N(C(C)=O)C(C)=O)n(-c2cc(SCC(F)(F)F)c(C)cc2F)n1. The van der Waals surface area contributed by atoms with Crippen molar-refractivity contribution in [2.75, 3.05) is 10.7 Å². The first-order valence-electron chi connectivity index (χ1n) is 8.40. The van der Waals surface area contributed by atoms with E-state index in [-0.39, 0.29) is 27.8 Å². The first-order chi connectivity index (χ1) is 13.8. The van der Waals surface area contributed by atoms with Crippen molar-refractivity contribution >= 4 is 35.4 Å². The van der Waals surface area contributed by atoms with E-state index in [1.165, 1.54) is 6.92 Å². The molecular formula is C18H17F4N3O4S. The number of esters is 1. The maximum atomic E-state index is 14.7. The molecule has 2 amide bonds. The number of anilines is 1. The number of rotatable bonds is 5. The van der Waals surface area contributed by atoms with Crippen molar-refractivity contribution in [1.29, 1.82) is 0 Å². The fourth-order valence-corrected chi connectivity index (χ4v) is 3.35. The molecule has 2 aromatic rings. The third-order valence-corrected chi connectivity index (χ3v) is 4.86. The molecule has 1 aromatic heterocycles. The number of carbonyl (C=O) groups is 3. The number of ether oxygens (including phenoxy) is 1. The van der Waals surface area contributed by atoms with Crippen molar-refractivity contribution in [3.63, 3.8) is 0 Å². The molecule has 0 N–H and O–H groups in total. The summed E-state index contributed by atoms with van der Waals surface area (Å²) in [5, 5.41) is 3.90. The summed E-state index contributed by atoms with van der Waals surface area (Å²) < 4.78 is 58.2. The average Bonchev–Trinajstić information content (AvgIpc) is 2.94. The van der Waals surface area contributed by atoms with Crippen LogP contribution in [0.25, 0.3) is 5.69 Å². The number of aromatic nitrogens is 2. The normalized spacial score (nSPS) is 11.3. The van der Waals surface area contributed by atoms with Crippen molar-refractivity contribution in [3.8, 4) is 11.6 Å². The number of aryl methyl sites for hydroxylation is 1. The van der Waals surface area contributed by atoms with Gasteiger partial charge in [-0.1, -0.05) is 0 Å². The highest BCUT2D eigenvalue weighted by Crippen LogP contribution is 2.34. The minimum atomic E-state index is -4.44. The van der Waals surface area contributed by atoms with Crippen LogP contribution in [0.1, 0.15) is 26.3 Å². The number of alkyl halides is 3. The van der Waals surface area contributed by atoms with Crippen LogP contribution in [0, 0.1) is 12.7 Å². The number of imide groups is 1. The van der Waals surface area contributed by atoms with E-state index in [4.69, 9.17) is 4.74 Å². The van der Waals surface area contributed by atoms with Gasteiger partial charge in [-0.25, -0.2) is 14.0 Å². The Morgan fingerprint density at radius 3 is 2.23 bits per heavy atom. The van der Waals surface area contributed by atoms with Gasteiger partial charge in [0.1, 0.15) is 17.3 Å². The predicted octanol–water partition coefficient (Wildman–Crippen LogP) is 3.80. The lowest BCUT2D eigenvalue weighted by molar-refractivity contribution is -0.132. The Kier molecular flexibility index (Phi) is 6.91. The Hall–Kier alpha value is -2.89. The second kappa shape index (κ2) is 8.86. The lowest BCUT2D eigenvalue weighted by Gasteiger charge is -2.19. The van der Waals surface area contributed by atoms with Gasteiger partial charge in [-0.2, -0.15) is 13.2 Å². The predicted molar refractivity (Wildman–Crippen MR) is 100 cm³/mol. The number of benzene rings is 1. The fraction of sp³-hybridized carbons (Fsp3) is 0.333. The van der Waals surface area contributed by atoms with E-state index in [1.807, 2.05) is 0 Å². The monoisotopic (exact) mass is 447 g/mol. The molecule has 0 aliphatic carbocycles. The number of nitrogens with zero attached hydrogens (tertiary/aromatic N) is 3. The van der Waals surface area contributed by atoms with Crippen LogP contribution in [0.3, 0.4) is 0 Å². The molecule has 7 nitrogen and oxygen atoms in total. The molecule has 0 saturated carbocycles. The summed E-state index contributed by atoms with van der Waals surface area (Å²) in [7, 11) is 0. The molecular weight excluding hydrogens is 430 g/mol. The quantitative estimate of drug-likeness (QED) is 0.394. The maximum absolute atomic E-state index is 14.7. The Morgan fingerprint density at radius 2 is 1.73 bits per heavy atom. The molecule has 0 bridgehead atoms. The molecule has 0 aliphatic heterocycles. The maximum Gasteiger partial charge on any atom is 0.398 e.